The number of aromatic nitrogens is 1. The molecule has 0 radical (unpaired) electrons. The summed E-state index contributed by atoms with van der Waals surface area (Å²) < 4.78 is 5.04. The van der Waals surface area contributed by atoms with Gasteiger partial charge in [0.15, 0.2) is 0 Å². The Hall–Kier alpha value is -0.870. The molecule has 2 N–H and O–H groups in total. The van der Waals surface area contributed by atoms with Crippen LogP contribution in [0.15, 0.2) is 4.52 Å². The van der Waals surface area contributed by atoms with Gasteiger partial charge in [0.2, 0.25) is 0 Å². The molecule has 0 aromatic carbocycles. The first-order valence-electron chi connectivity index (χ1n) is 4.99. The Kier molecular flexibility index (Phi) is 4.62. The Bertz CT molecular complexity index is 252. The molecule has 80 valence electrons. The summed E-state index contributed by atoms with van der Waals surface area (Å²) in [7, 11) is 0. The largest absolute Gasteiger partial charge is 0.396 e. The molecular weight excluding hydrogens is 180 g/mol. The van der Waals surface area contributed by atoms with Crippen LogP contribution >= 0.6 is 0 Å². The van der Waals surface area contributed by atoms with Crippen molar-refractivity contribution in [3.05, 3.63) is 17.0 Å². The minimum absolute atomic E-state index is 0.271. The molecule has 0 aliphatic rings. The lowest BCUT2D eigenvalue weighted by Gasteiger charge is -2.02. The van der Waals surface area contributed by atoms with E-state index in [9.17, 15) is 0 Å². The van der Waals surface area contributed by atoms with Gasteiger partial charge in [0, 0.05) is 18.7 Å². The second-order valence-corrected chi connectivity index (χ2v) is 3.41. The van der Waals surface area contributed by atoms with Crippen LogP contribution in [0, 0.1) is 13.8 Å². The molecule has 1 aromatic heterocycles. The van der Waals surface area contributed by atoms with Gasteiger partial charge in [-0.3, -0.25) is 0 Å². The average Bonchev–Trinajstić information content (AvgIpc) is 2.48. The maximum Gasteiger partial charge on any atom is 0.138 e. The van der Waals surface area contributed by atoms with E-state index in [0.29, 0.717) is 0 Å². The van der Waals surface area contributed by atoms with E-state index in [0.717, 1.165) is 42.9 Å². The van der Waals surface area contributed by atoms with E-state index in [-0.39, 0.29) is 6.61 Å². The molecule has 1 rings (SSSR count). The third-order valence-corrected chi connectivity index (χ3v) is 2.24. The maximum absolute atomic E-state index is 8.59. The molecule has 0 aliphatic heterocycles. The standard InChI is InChI=1S/C10H18N2O2/c1-8-10(9(2)14-12-8)7-11-5-3-4-6-13/h11,13H,3-7H2,1-2H3. The van der Waals surface area contributed by atoms with Gasteiger partial charge in [-0.15, -0.1) is 0 Å². The summed E-state index contributed by atoms with van der Waals surface area (Å²) in [5.74, 6) is 0.886. The van der Waals surface area contributed by atoms with Gasteiger partial charge in [-0.1, -0.05) is 5.16 Å². The topological polar surface area (TPSA) is 58.3 Å². The highest BCUT2D eigenvalue weighted by Gasteiger charge is 2.07. The van der Waals surface area contributed by atoms with Crippen LogP contribution in [0.3, 0.4) is 0 Å². The average molecular weight is 198 g/mol. The van der Waals surface area contributed by atoms with Crippen LogP contribution in [0.4, 0.5) is 0 Å². The predicted molar refractivity (Wildman–Crippen MR) is 54.0 cm³/mol. The summed E-state index contributed by atoms with van der Waals surface area (Å²) in [4.78, 5) is 0. The van der Waals surface area contributed by atoms with Gasteiger partial charge in [0.05, 0.1) is 5.69 Å². The molecule has 14 heavy (non-hydrogen) atoms. The SMILES string of the molecule is Cc1noc(C)c1CNCCCCO. The summed E-state index contributed by atoms with van der Waals surface area (Å²) in [5, 5.41) is 15.8. The van der Waals surface area contributed by atoms with Crippen molar-refractivity contribution in [3.63, 3.8) is 0 Å². The Morgan fingerprint density at radius 1 is 1.36 bits per heavy atom. The monoisotopic (exact) mass is 198 g/mol. The first kappa shape index (κ1) is 11.2. The molecule has 4 heteroatoms. The number of aliphatic hydroxyl groups is 1. The summed E-state index contributed by atoms with van der Waals surface area (Å²) in [6.07, 6.45) is 1.86. The zero-order chi connectivity index (χ0) is 10.4. The van der Waals surface area contributed by atoms with Crippen molar-refractivity contribution in [2.24, 2.45) is 0 Å². The normalized spacial score (nSPS) is 10.8. The Morgan fingerprint density at radius 2 is 2.14 bits per heavy atom. The fraction of sp³-hybridized carbons (Fsp3) is 0.700. The Labute approximate surface area is 84.3 Å². The number of hydrogen-bond donors (Lipinski definition) is 2. The molecule has 0 fully saturated rings. The fourth-order valence-corrected chi connectivity index (χ4v) is 1.33. The van der Waals surface area contributed by atoms with Gasteiger partial charge < -0.3 is 14.9 Å². The molecule has 0 amide bonds. The third-order valence-electron chi connectivity index (χ3n) is 2.24. The van der Waals surface area contributed by atoms with Gasteiger partial charge >= 0.3 is 0 Å². The van der Waals surface area contributed by atoms with Gasteiger partial charge in [-0.25, -0.2) is 0 Å². The summed E-state index contributed by atoms with van der Waals surface area (Å²) in [6.45, 7) is 5.86. The van der Waals surface area contributed by atoms with Crippen LogP contribution in [0.1, 0.15) is 29.9 Å². The van der Waals surface area contributed by atoms with Crippen LogP contribution in [0.25, 0.3) is 0 Å². The summed E-state index contributed by atoms with van der Waals surface area (Å²) >= 11 is 0. The molecule has 0 unspecified atom stereocenters. The molecular formula is C10H18N2O2. The van der Waals surface area contributed by atoms with Crippen molar-refractivity contribution in [1.82, 2.24) is 10.5 Å². The van der Waals surface area contributed by atoms with E-state index in [4.69, 9.17) is 9.63 Å². The van der Waals surface area contributed by atoms with Crippen molar-refractivity contribution < 1.29 is 9.63 Å². The number of nitrogens with one attached hydrogen (secondary N) is 1. The molecule has 0 atom stereocenters. The zero-order valence-corrected chi connectivity index (χ0v) is 8.84. The molecule has 0 saturated heterocycles. The predicted octanol–water partition coefficient (Wildman–Crippen LogP) is 1.15. The van der Waals surface area contributed by atoms with Crippen LogP contribution in [0.2, 0.25) is 0 Å². The number of hydrogen-bond acceptors (Lipinski definition) is 4. The van der Waals surface area contributed by atoms with Crippen molar-refractivity contribution in [2.45, 2.75) is 33.2 Å². The number of aliphatic hydroxyl groups excluding tert-OH is 1. The summed E-state index contributed by atoms with van der Waals surface area (Å²) in [6, 6.07) is 0. The minimum Gasteiger partial charge on any atom is -0.396 e. The van der Waals surface area contributed by atoms with Crippen LogP contribution < -0.4 is 5.32 Å². The molecule has 0 saturated carbocycles. The lowest BCUT2D eigenvalue weighted by atomic mass is 10.2. The quantitative estimate of drug-likeness (QED) is 0.673. The van der Waals surface area contributed by atoms with E-state index in [1.807, 2.05) is 13.8 Å². The van der Waals surface area contributed by atoms with Crippen molar-refractivity contribution in [2.75, 3.05) is 13.2 Å². The maximum atomic E-state index is 8.59. The molecule has 1 aromatic rings. The second-order valence-electron chi connectivity index (χ2n) is 3.41. The molecule has 0 bridgehead atoms. The summed E-state index contributed by atoms with van der Waals surface area (Å²) in [5.41, 5.74) is 2.10. The number of unbranched alkanes of at least 4 members (excludes halogenated alkanes) is 1. The van der Waals surface area contributed by atoms with Gasteiger partial charge in [-0.2, -0.15) is 0 Å². The highest BCUT2D eigenvalue weighted by molar-refractivity contribution is 5.20. The van der Waals surface area contributed by atoms with Crippen molar-refractivity contribution >= 4 is 0 Å². The first-order chi connectivity index (χ1) is 6.75. The molecule has 4 nitrogen and oxygen atoms in total. The third kappa shape index (κ3) is 3.12. The smallest absolute Gasteiger partial charge is 0.138 e. The highest BCUT2D eigenvalue weighted by atomic mass is 16.5. The van der Waals surface area contributed by atoms with Gasteiger partial charge in [-0.05, 0) is 33.2 Å². The Morgan fingerprint density at radius 3 is 2.71 bits per heavy atom. The second kappa shape index (κ2) is 5.78. The number of aryl methyl sites for hydroxylation is 2. The van der Waals surface area contributed by atoms with Crippen molar-refractivity contribution in [3.8, 4) is 0 Å². The first-order valence-corrected chi connectivity index (χ1v) is 4.99. The van der Waals surface area contributed by atoms with Gasteiger partial charge in [0.25, 0.3) is 0 Å². The lowest BCUT2D eigenvalue weighted by molar-refractivity contribution is 0.283. The number of nitrogens with zero attached hydrogens (tertiary/aromatic N) is 1. The zero-order valence-electron chi connectivity index (χ0n) is 8.84. The highest BCUT2D eigenvalue weighted by Crippen LogP contribution is 2.11. The lowest BCUT2D eigenvalue weighted by Crippen LogP contribution is -2.15. The van der Waals surface area contributed by atoms with Gasteiger partial charge in [0.1, 0.15) is 5.76 Å². The van der Waals surface area contributed by atoms with Crippen molar-refractivity contribution in [1.29, 1.82) is 0 Å². The van der Waals surface area contributed by atoms with E-state index >= 15 is 0 Å². The Balaban J connectivity index is 2.24. The van der Waals surface area contributed by atoms with Crippen LogP contribution in [0.5, 0.6) is 0 Å². The molecule has 0 spiro atoms. The molecule has 0 aliphatic carbocycles. The van der Waals surface area contributed by atoms with E-state index in [2.05, 4.69) is 10.5 Å². The van der Waals surface area contributed by atoms with E-state index in [1.54, 1.807) is 0 Å². The fourth-order valence-electron chi connectivity index (χ4n) is 1.33. The molecule has 1 heterocycles. The number of rotatable bonds is 6. The van der Waals surface area contributed by atoms with E-state index < -0.39 is 0 Å². The van der Waals surface area contributed by atoms with Crippen LogP contribution in [-0.2, 0) is 6.54 Å². The van der Waals surface area contributed by atoms with Crippen LogP contribution in [-0.4, -0.2) is 23.4 Å². The minimum atomic E-state index is 0.271. The van der Waals surface area contributed by atoms with E-state index in [1.165, 1.54) is 0 Å².